The summed E-state index contributed by atoms with van der Waals surface area (Å²) in [6, 6.07) is 4.03. The quantitative estimate of drug-likeness (QED) is 0.846. The lowest BCUT2D eigenvalue weighted by molar-refractivity contribution is -0.0931. The Balaban J connectivity index is 1.88. The van der Waals surface area contributed by atoms with Gasteiger partial charge in [-0.25, -0.2) is 4.79 Å². The highest BCUT2D eigenvalue weighted by Gasteiger charge is 2.34. The maximum atomic E-state index is 10.9. The van der Waals surface area contributed by atoms with Crippen molar-refractivity contribution in [1.29, 1.82) is 0 Å². The van der Waals surface area contributed by atoms with E-state index in [9.17, 15) is 4.79 Å². The highest BCUT2D eigenvalue weighted by atomic mass is 32.1. The Morgan fingerprint density at radius 1 is 1.50 bits per heavy atom. The SMILES string of the molecule is CCC1(CC)CC(NCc2ccc(C(=O)O)s2)CCO1. The Hall–Kier alpha value is -0.910. The first-order valence-electron chi connectivity index (χ1n) is 7.28. The minimum atomic E-state index is -0.844. The van der Waals surface area contributed by atoms with Crippen LogP contribution in [0.5, 0.6) is 0 Å². The van der Waals surface area contributed by atoms with Crippen molar-refractivity contribution in [1.82, 2.24) is 5.32 Å². The van der Waals surface area contributed by atoms with Gasteiger partial charge in [0.15, 0.2) is 0 Å². The summed E-state index contributed by atoms with van der Waals surface area (Å²) in [6.45, 7) is 5.92. The van der Waals surface area contributed by atoms with Gasteiger partial charge in [0, 0.05) is 24.1 Å². The number of ether oxygens (including phenoxy) is 1. The number of aromatic carboxylic acids is 1. The predicted octanol–water partition coefficient (Wildman–Crippen LogP) is 3.27. The van der Waals surface area contributed by atoms with Gasteiger partial charge < -0.3 is 15.2 Å². The summed E-state index contributed by atoms with van der Waals surface area (Å²) in [5.74, 6) is -0.844. The lowest BCUT2D eigenvalue weighted by Crippen LogP contribution is -2.46. The van der Waals surface area contributed by atoms with Crippen molar-refractivity contribution in [3.63, 3.8) is 0 Å². The molecule has 0 aromatic carbocycles. The van der Waals surface area contributed by atoms with Crippen molar-refractivity contribution in [3.05, 3.63) is 21.9 Å². The molecule has 0 bridgehead atoms. The smallest absolute Gasteiger partial charge is 0.345 e. The van der Waals surface area contributed by atoms with Gasteiger partial charge >= 0.3 is 5.97 Å². The Labute approximate surface area is 124 Å². The first kappa shape index (κ1) is 15.5. The van der Waals surface area contributed by atoms with Crippen molar-refractivity contribution < 1.29 is 14.6 Å². The summed E-state index contributed by atoms with van der Waals surface area (Å²) < 4.78 is 5.97. The molecule has 112 valence electrons. The van der Waals surface area contributed by atoms with Crippen LogP contribution in [0.2, 0.25) is 0 Å². The summed E-state index contributed by atoms with van der Waals surface area (Å²) in [5, 5.41) is 12.5. The molecule has 0 aliphatic carbocycles. The highest BCUT2D eigenvalue weighted by molar-refractivity contribution is 7.13. The zero-order valence-electron chi connectivity index (χ0n) is 12.1. The van der Waals surface area contributed by atoms with Crippen LogP contribution in [0, 0.1) is 0 Å². The lowest BCUT2D eigenvalue weighted by atomic mass is 9.86. The second-order valence-electron chi connectivity index (χ2n) is 5.38. The van der Waals surface area contributed by atoms with Crippen LogP contribution in [0.25, 0.3) is 0 Å². The molecule has 0 amide bonds. The molecule has 2 heterocycles. The number of hydrogen-bond donors (Lipinski definition) is 2. The summed E-state index contributed by atoms with van der Waals surface area (Å²) in [5.41, 5.74) is 0.0254. The average molecular weight is 297 g/mol. The second-order valence-corrected chi connectivity index (χ2v) is 6.55. The summed E-state index contributed by atoms with van der Waals surface area (Å²) in [4.78, 5) is 12.3. The van der Waals surface area contributed by atoms with Gasteiger partial charge in [0.25, 0.3) is 0 Å². The number of rotatable bonds is 6. The molecule has 1 atom stereocenters. The predicted molar refractivity (Wildman–Crippen MR) is 80.4 cm³/mol. The number of carboxylic acid groups (broad SMARTS) is 1. The fourth-order valence-electron chi connectivity index (χ4n) is 2.78. The number of carboxylic acids is 1. The van der Waals surface area contributed by atoms with E-state index in [4.69, 9.17) is 9.84 Å². The van der Waals surface area contributed by atoms with E-state index in [1.165, 1.54) is 11.3 Å². The van der Waals surface area contributed by atoms with Gasteiger partial charge in [-0.05, 0) is 37.8 Å². The third-order valence-corrected chi connectivity index (χ3v) is 5.29. The van der Waals surface area contributed by atoms with Crippen LogP contribution < -0.4 is 5.32 Å². The van der Waals surface area contributed by atoms with E-state index in [0.717, 1.165) is 43.7 Å². The molecule has 4 nitrogen and oxygen atoms in total. The van der Waals surface area contributed by atoms with Gasteiger partial charge in [-0.1, -0.05) is 13.8 Å². The van der Waals surface area contributed by atoms with E-state index < -0.39 is 5.97 Å². The van der Waals surface area contributed by atoms with Crippen molar-refractivity contribution in [2.75, 3.05) is 6.61 Å². The normalized spacial score (nSPS) is 21.8. The van der Waals surface area contributed by atoms with Crippen LogP contribution in [0.3, 0.4) is 0 Å². The van der Waals surface area contributed by atoms with Crippen LogP contribution in [-0.2, 0) is 11.3 Å². The van der Waals surface area contributed by atoms with Crippen LogP contribution >= 0.6 is 11.3 Å². The summed E-state index contributed by atoms with van der Waals surface area (Å²) in [6.07, 6.45) is 4.16. The molecule has 0 saturated carbocycles. The molecule has 1 unspecified atom stereocenters. The third kappa shape index (κ3) is 3.59. The van der Waals surface area contributed by atoms with Gasteiger partial charge in [-0.2, -0.15) is 0 Å². The van der Waals surface area contributed by atoms with Crippen molar-refractivity contribution >= 4 is 17.3 Å². The van der Waals surface area contributed by atoms with Crippen LogP contribution in [0.15, 0.2) is 12.1 Å². The number of thiophene rings is 1. The summed E-state index contributed by atoms with van der Waals surface area (Å²) >= 11 is 1.35. The fraction of sp³-hybridized carbons (Fsp3) is 0.667. The van der Waals surface area contributed by atoms with Crippen molar-refractivity contribution in [3.8, 4) is 0 Å². The van der Waals surface area contributed by atoms with Crippen LogP contribution in [-0.4, -0.2) is 29.3 Å². The van der Waals surface area contributed by atoms with Gasteiger partial charge in [0.05, 0.1) is 5.60 Å². The third-order valence-electron chi connectivity index (χ3n) is 4.22. The van der Waals surface area contributed by atoms with E-state index in [2.05, 4.69) is 19.2 Å². The van der Waals surface area contributed by atoms with E-state index in [1.807, 2.05) is 6.07 Å². The number of carbonyl (C=O) groups is 1. The van der Waals surface area contributed by atoms with E-state index in [1.54, 1.807) is 6.07 Å². The molecule has 0 spiro atoms. The lowest BCUT2D eigenvalue weighted by Gasteiger charge is -2.40. The van der Waals surface area contributed by atoms with Gasteiger partial charge in [0.2, 0.25) is 0 Å². The molecular weight excluding hydrogens is 274 g/mol. The molecule has 1 aliphatic rings. The fourth-order valence-corrected chi connectivity index (χ4v) is 3.58. The molecule has 20 heavy (non-hydrogen) atoms. The minimum absolute atomic E-state index is 0.0254. The van der Waals surface area contributed by atoms with Crippen LogP contribution in [0.4, 0.5) is 0 Å². The standard InChI is InChI=1S/C15H23NO3S/c1-3-15(4-2)9-11(7-8-19-15)16-10-12-5-6-13(20-12)14(17)18/h5-6,11,16H,3-4,7-10H2,1-2H3,(H,17,18). The topological polar surface area (TPSA) is 58.6 Å². The highest BCUT2D eigenvalue weighted by Crippen LogP contribution is 2.31. The molecule has 1 fully saturated rings. The largest absolute Gasteiger partial charge is 0.477 e. The molecular formula is C15H23NO3S. The maximum absolute atomic E-state index is 10.9. The molecule has 1 saturated heterocycles. The molecule has 5 heteroatoms. The molecule has 2 rings (SSSR count). The molecule has 1 aliphatic heterocycles. The van der Waals surface area contributed by atoms with Crippen LogP contribution in [0.1, 0.15) is 54.1 Å². The Morgan fingerprint density at radius 3 is 2.85 bits per heavy atom. The maximum Gasteiger partial charge on any atom is 0.345 e. The van der Waals surface area contributed by atoms with E-state index >= 15 is 0 Å². The molecule has 0 radical (unpaired) electrons. The number of hydrogen-bond acceptors (Lipinski definition) is 4. The van der Waals surface area contributed by atoms with E-state index in [0.29, 0.717) is 10.9 Å². The van der Waals surface area contributed by atoms with Crippen molar-refractivity contribution in [2.24, 2.45) is 0 Å². The molecule has 1 aromatic rings. The van der Waals surface area contributed by atoms with Gasteiger partial charge in [0.1, 0.15) is 4.88 Å². The Kier molecular flexibility index (Phi) is 5.18. The molecule has 1 aromatic heterocycles. The Bertz CT molecular complexity index is 454. The first-order chi connectivity index (χ1) is 9.58. The second kappa shape index (κ2) is 6.70. The van der Waals surface area contributed by atoms with Gasteiger partial charge in [-0.15, -0.1) is 11.3 Å². The monoisotopic (exact) mass is 297 g/mol. The van der Waals surface area contributed by atoms with E-state index in [-0.39, 0.29) is 5.60 Å². The average Bonchev–Trinajstić information content (AvgIpc) is 2.94. The summed E-state index contributed by atoms with van der Waals surface area (Å²) in [7, 11) is 0. The van der Waals surface area contributed by atoms with Crippen molar-refractivity contribution in [2.45, 2.75) is 57.7 Å². The van der Waals surface area contributed by atoms with Gasteiger partial charge in [-0.3, -0.25) is 0 Å². The Morgan fingerprint density at radius 2 is 2.25 bits per heavy atom. The first-order valence-corrected chi connectivity index (χ1v) is 8.09. The number of nitrogens with one attached hydrogen (secondary N) is 1. The zero-order valence-corrected chi connectivity index (χ0v) is 13.0. The minimum Gasteiger partial charge on any atom is -0.477 e. The zero-order chi connectivity index (χ0) is 14.6. The molecule has 2 N–H and O–H groups in total.